The van der Waals surface area contributed by atoms with Crippen LogP contribution in [0.2, 0.25) is 5.02 Å². The zero-order valence-corrected chi connectivity index (χ0v) is 21.8. The van der Waals surface area contributed by atoms with Crippen molar-refractivity contribution < 1.29 is 19.1 Å². The first-order chi connectivity index (χ1) is 17.8. The van der Waals surface area contributed by atoms with Gasteiger partial charge in [-0.15, -0.1) is 0 Å². The third-order valence-corrected chi connectivity index (χ3v) is 6.70. The first-order valence-corrected chi connectivity index (χ1v) is 12.5. The van der Waals surface area contributed by atoms with Crippen molar-refractivity contribution in [1.29, 1.82) is 0 Å². The average Bonchev–Trinajstić information content (AvgIpc) is 3.32. The summed E-state index contributed by atoms with van der Waals surface area (Å²) in [5.41, 5.74) is 0.797. The van der Waals surface area contributed by atoms with Crippen molar-refractivity contribution in [2.45, 2.75) is 45.4 Å². The monoisotopic (exact) mass is 523 g/mol. The van der Waals surface area contributed by atoms with Gasteiger partial charge in [0.1, 0.15) is 17.0 Å². The molecule has 194 valence electrons. The molecule has 9 nitrogen and oxygen atoms in total. The smallest absolute Gasteiger partial charge is 0.273 e. The highest BCUT2D eigenvalue weighted by Gasteiger charge is 2.48. The van der Waals surface area contributed by atoms with Gasteiger partial charge in [0.2, 0.25) is 5.91 Å². The standard InChI is InChI=1S/C27H30ClN5O4/c1-4-12-33-25(35)23-22(24(34)29-15-19-6-5-7-20(28)13-19)31-17-32(23)16-27(33,2)26(36)30-14-18-8-10-21(37-3)11-9-18/h5-11,13,17H,4,12,14-16H2,1-3H3,(H,29,34)(H,30,36)/t27-/m1/s1. The molecule has 0 aliphatic carbocycles. The zero-order valence-electron chi connectivity index (χ0n) is 21.1. The number of hydrogen-bond acceptors (Lipinski definition) is 5. The number of halogens is 1. The topological polar surface area (TPSA) is 106 Å². The average molecular weight is 524 g/mol. The van der Waals surface area contributed by atoms with Gasteiger partial charge in [0.05, 0.1) is 20.0 Å². The Balaban J connectivity index is 1.52. The van der Waals surface area contributed by atoms with Gasteiger partial charge in [0.15, 0.2) is 5.69 Å². The molecule has 4 rings (SSSR count). The van der Waals surface area contributed by atoms with E-state index in [0.717, 1.165) is 16.9 Å². The molecule has 0 unspecified atom stereocenters. The summed E-state index contributed by atoms with van der Waals surface area (Å²) in [6.07, 6.45) is 2.09. The lowest BCUT2D eigenvalue weighted by molar-refractivity contribution is -0.133. The van der Waals surface area contributed by atoms with Gasteiger partial charge in [-0.25, -0.2) is 4.98 Å². The van der Waals surface area contributed by atoms with Crippen molar-refractivity contribution in [2.75, 3.05) is 13.7 Å². The van der Waals surface area contributed by atoms with Crippen molar-refractivity contribution in [3.8, 4) is 5.75 Å². The van der Waals surface area contributed by atoms with E-state index in [-0.39, 0.29) is 30.4 Å². The third-order valence-electron chi connectivity index (χ3n) is 6.47. The Morgan fingerprint density at radius 1 is 1.11 bits per heavy atom. The van der Waals surface area contributed by atoms with E-state index >= 15 is 0 Å². The number of ether oxygens (including phenoxy) is 1. The number of rotatable bonds is 9. The lowest BCUT2D eigenvalue weighted by atomic mass is 9.93. The summed E-state index contributed by atoms with van der Waals surface area (Å²) in [4.78, 5) is 45.8. The summed E-state index contributed by atoms with van der Waals surface area (Å²) in [6.45, 7) is 4.76. The lowest BCUT2D eigenvalue weighted by Gasteiger charge is -2.43. The van der Waals surface area contributed by atoms with Crippen LogP contribution >= 0.6 is 11.6 Å². The third kappa shape index (κ3) is 5.46. The predicted molar refractivity (Wildman–Crippen MR) is 139 cm³/mol. The summed E-state index contributed by atoms with van der Waals surface area (Å²) in [5, 5.41) is 6.34. The minimum atomic E-state index is -1.15. The van der Waals surface area contributed by atoms with E-state index in [0.29, 0.717) is 24.5 Å². The minimum Gasteiger partial charge on any atom is -0.497 e. The number of hydrogen-bond donors (Lipinski definition) is 2. The molecule has 0 saturated heterocycles. The van der Waals surface area contributed by atoms with E-state index in [4.69, 9.17) is 16.3 Å². The quantitative estimate of drug-likeness (QED) is 0.447. The molecular weight excluding hydrogens is 494 g/mol. The zero-order chi connectivity index (χ0) is 26.6. The van der Waals surface area contributed by atoms with E-state index in [9.17, 15) is 14.4 Å². The molecule has 10 heteroatoms. The number of amides is 3. The van der Waals surface area contributed by atoms with E-state index in [1.165, 1.54) is 6.33 Å². The number of carbonyl (C=O) groups excluding carboxylic acids is 3. The lowest BCUT2D eigenvalue weighted by Crippen LogP contribution is -2.64. The highest BCUT2D eigenvalue weighted by Crippen LogP contribution is 2.29. The van der Waals surface area contributed by atoms with Gasteiger partial charge >= 0.3 is 0 Å². The van der Waals surface area contributed by atoms with E-state index in [1.54, 1.807) is 41.7 Å². The fourth-order valence-corrected chi connectivity index (χ4v) is 4.67. The molecular formula is C27H30ClN5O4. The number of carbonyl (C=O) groups is 3. The van der Waals surface area contributed by atoms with E-state index in [2.05, 4.69) is 15.6 Å². The molecule has 2 aromatic carbocycles. The molecule has 3 amide bonds. The van der Waals surface area contributed by atoms with Gasteiger partial charge in [0, 0.05) is 24.7 Å². The van der Waals surface area contributed by atoms with Gasteiger partial charge < -0.3 is 24.8 Å². The Bertz CT molecular complexity index is 1310. The molecule has 2 heterocycles. The number of benzene rings is 2. The first-order valence-electron chi connectivity index (χ1n) is 12.1. The molecule has 37 heavy (non-hydrogen) atoms. The SMILES string of the molecule is CCCN1C(=O)c2c(C(=O)NCc3cccc(Cl)c3)ncn2C[C@]1(C)C(=O)NCc1ccc(OC)cc1. The minimum absolute atomic E-state index is 0.0359. The van der Waals surface area contributed by atoms with Crippen molar-refractivity contribution in [1.82, 2.24) is 25.1 Å². The highest BCUT2D eigenvalue weighted by atomic mass is 35.5. The second-order valence-corrected chi connectivity index (χ2v) is 9.58. The Kier molecular flexibility index (Phi) is 7.83. The molecule has 1 aromatic heterocycles. The molecule has 1 atom stereocenters. The number of methoxy groups -OCH3 is 1. The fourth-order valence-electron chi connectivity index (χ4n) is 4.46. The molecule has 0 bridgehead atoms. The van der Waals surface area contributed by atoms with Crippen molar-refractivity contribution in [3.63, 3.8) is 0 Å². The molecule has 0 fully saturated rings. The fraction of sp³-hybridized carbons (Fsp3) is 0.333. The van der Waals surface area contributed by atoms with Crippen LogP contribution in [0.4, 0.5) is 0 Å². The molecule has 1 aliphatic heterocycles. The second-order valence-electron chi connectivity index (χ2n) is 9.14. The Hall–Kier alpha value is -3.85. The van der Waals surface area contributed by atoms with Crippen LogP contribution in [0.5, 0.6) is 5.75 Å². The van der Waals surface area contributed by atoms with Crippen LogP contribution in [0.3, 0.4) is 0 Å². The number of nitrogens with one attached hydrogen (secondary N) is 2. The summed E-state index contributed by atoms with van der Waals surface area (Å²) in [5.74, 6) is -0.419. The maximum absolute atomic E-state index is 13.7. The van der Waals surface area contributed by atoms with Gasteiger partial charge in [-0.1, -0.05) is 42.8 Å². The predicted octanol–water partition coefficient (Wildman–Crippen LogP) is 3.42. The Morgan fingerprint density at radius 2 is 1.84 bits per heavy atom. The van der Waals surface area contributed by atoms with Gasteiger partial charge in [-0.3, -0.25) is 14.4 Å². The van der Waals surface area contributed by atoms with Crippen LogP contribution in [0.1, 0.15) is 52.4 Å². The van der Waals surface area contributed by atoms with Crippen molar-refractivity contribution in [3.05, 3.63) is 82.4 Å². The normalized spacial score (nSPS) is 16.8. The van der Waals surface area contributed by atoms with Gasteiger partial charge in [-0.2, -0.15) is 0 Å². The molecule has 0 saturated carbocycles. The van der Waals surface area contributed by atoms with Crippen molar-refractivity contribution in [2.24, 2.45) is 0 Å². The molecule has 2 N–H and O–H groups in total. The summed E-state index contributed by atoms with van der Waals surface area (Å²) < 4.78 is 6.77. The van der Waals surface area contributed by atoms with Gasteiger partial charge in [0.25, 0.3) is 11.8 Å². The number of nitrogens with zero attached hydrogens (tertiary/aromatic N) is 3. The summed E-state index contributed by atoms with van der Waals surface area (Å²) >= 11 is 6.02. The van der Waals surface area contributed by atoms with Crippen LogP contribution in [0.15, 0.2) is 54.9 Å². The summed E-state index contributed by atoms with van der Waals surface area (Å²) in [7, 11) is 1.60. The van der Waals surface area contributed by atoms with Crippen LogP contribution in [0, 0.1) is 0 Å². The van der Waals surface area contributed by atoms with E-state index < -0.39 is 17.4 Å². The number of fused-ring (bicyclic) bond motifs is 1. The summed E-state index contributed by atoms with van der Waals surface area (Å²) in [6, 6.07) is 14.6. The van der Waals surface area contributed by atoms with Crippen LogP contribution in [-0.4, -0.2) is 51.4 Å². The molecule has 0 radical (unpaired) electrons. The van der Waals surface area contributed by atoms with Crippen LogP contribution in [-0.2, 0) is 24.4 Å². The molecule has 3 aromatic rings. The first kappa shape index (κ1) is 26.2. The highest BCUT2D eigenvalue weighted by molar-refractivity contribution is 6.30. The van der Waals surface area contributed by atoms with Gasteiger partial charge in [-0.05, 0) is 48.7 Å². The second kappa shape index (κ2) is 11.0. The maximum Gasteiger partial charge on any atom is 0.273 e. The molecule has 1 aliphatic rings. The van der Waals surface area contributed by atoms with Crippen molar-refractivity contribution >= 4 is 29.3 Å². The number of aromatic nitrogens is 2. The van der Waals surface area contributed by atoms with E-state index in [1.807, 2.05) is 37.3 Å². The van der Waals surface area contributed by atoms with Crippen LogP contribution < -0.4 is 15.4 Å². The molecule has 0 spiro atoms. The largest absolute Gasteiger partial charge is 0.497 e. The Labute approximate surface area is 220 Å². The van der Waals surface area contributed by atoms with Crippen LogP contribution in [0.25, 0.3) is 0 Å². The Morgan fingerprint density at radius 3 is 2.51 bits per heavy atom. The number of imidazole rings is 1. The maximum atomic E-state index is 13.7.